The van der Waals surface area contributed by atoms with Gasteiger partial charge < -0.3 is 15.2 Å². The van der Waals surface area contributed by atoms with E-state index in [1.165, 1.54) is 0 Å². The molecule has 19 heavy (non-hydrogen) atoms. The van der Waals surface area contributed by atoms with Crippen LogP contribution in [0.4, 0.5) is 5.69 Å². The number of likely N-dealkylation sites (tertiary alicyclic amines) is 1. The van der Waals surface area contributed by atoms with Crippen LogP contribution < -0.4 is 10.5 Å². The van der Waals surface area contributed by atoms with E-state index < -0.39 is 0 Å². The molecular formula is C15H24N2O2. The second-order valence-corrected chi connectivity index (χ2v) is 5.00. The average Bonchev–Trinajstić information content (AvgIpc) is 2.44. The summed E-state index contributed by atoms with van der Waals surface area (Å²) in [4.78, 5) is 2.43. The van der Waals surface area contributed by atoms with E-state index in [1.54, 1.807) is 7.11 Å². The normalized spacial score (nSPS) is 17.6. The fraction of sp³-hybridized carbons (Fsp3) is 0.600. The molecule has 1 heterocycles. The van der Waals surface area contributed by atoms with Gasteiger partial charge in [-0.05, 0) is 43.5 Å². The average molecular weight is 264 g/mol. The van der Waals surface area contributed by atoms with Crippen molar-refractivity contribution in [2.24, 2.45) is 0 Å². The molecule has 0 amide bonds. The number of nitrogens with zero attached hydrogens (tertiary/aromatic N) is 1. The number of rotatable bonds is 5. The molecule has 2 N–H and O–H groups in total. The van der Waals surface area contributed by atoms with Crippen molar-refractivity contribution in [3.63, 3.8) is 0 Å². The Hall–Kier alpha value is -1.26. The number of hydrogen-bond acceptors (Lipinski definition) is 4. The first kappa shape index (κ1) is 14.2. The molecule has 1 aliphatic rings. The molecule has 1 aromatic rings. The van der Waals surface area contributed by atoms with Crippen LogP contribution in [0.15, 0.2) is 18.2 Å². The summed E-state index contributed by atoms with van der Waals surface area (Å²) >= 11 is 0. The highest BCUT2D eigenvalue weighted by atomic mass is 16.5. The van der Waals surface area contributed by atoms with Crippen LogP contribution in [0, 0.1) is 0 Å². The Morgan fingerprint density at radius 2 is 2.05 bits per heavy atom. The van der Waals surface area contributed by atoms with Crippen LogP contribution in [-0.2, 0) is 11.3 Å². The lowest BCUT2D eigenvalue weighted by molar-refractivity contribution is 0.0125. The SMILES string of the molecule is CCOC1CCN(Cc2cc(OC)ccc2N)CC1. The maximum atomic E-state index is 6.03. The predicted molar refractivity (Wildman–Crippen MR) is 77.3 cm³/mol. The van der Waals surface area contributed by atoms with Crippen LogP contribution >= 0.6 is 0 Å². The van der Waals surface area contributed by atoms with Crippen LogP contribution in [0.5, 0.6) is 5.75 Å². The van der Waals surface area contributed by atoms with Crippen LogP contribution in [0.2, 0.25) is 0 Å². The maximum absolute atomic E-state index is 6.03. The number of piperidine rings is 1. The predicted octanol–water partition coefficient (Wildman–Crippen LogP) is 2.28. The lowest BCUT2D eigenvalue weighted by Crippen LogP contribution is -2.36. The first-order chi connectivity index (χ1) is 9.22. The fourth-order valence-corrected chi connectivity index (χ4v) is 2.56. The van der Waals surface area contributed by atoms with Crippen molar-refractivity contribution in [1.29, 1.82) is 0 Å². The summed E-state index contributed by atoms with van der Waals surface area (Å²) in [5, 5.41) is 0. The molecule has 1 fully saturated rings. The molecule has 1 aromatic carbocycles. The van der Waals surface area contributed by atoms with E-state index in [1.807, 2.05) is 18.2 Å². The van der Waals surface area contributed by atoms with Crippen LogP contribution in [0.25, 0.3) is 0 Å². The highest BCUT2D eigenvalue weighted by Crippen LogP contribution is 2.23. The summed E-state index contributed by atoms with van der Waals surface area (Å²) in [6.45, 7) is 5.90. The fourth-order valence-electron chi connectivity index (χ4n) is 2.56. The van der Waals surface area contributed by atoms with Gasteiger partial charge in [-0.25, -0.2) is 0 Å². The highest BCUT2D eigenvalue weighted by molar-refractivity contribution is 5.50. The molecule has 106 valence electrons. The minimum atomic E-state index is 0.434. The van der Waals surface area contributed by atoms with Gasteiger partial charge in [0.25, 0.3) is 0 Å². The van der Waals surface area contributed by atoms with Gasteiger partial charge in [0, 0.05) is 31.9 Å². The number of ether oxygens (including phenoxy) is 2. The summed E-state index contributed by atoms with van der Waals surface area (Å²) in [7, 11) is 1.68. The molecule has 0 aliphatic carbocycles. The Balaban J connectivity index is 1.91. The second-order valence-electron chi connectivity index (χ2n) is 5.00. The van der Waals surface area contributed by atoms with Gasteiger partial charge in [-0.15, -0.1) is 0 Å². The van der Waals surface area contributed by atoms with E-state index in [9.17, 15) is 0 Å². The van der Waals surface area contributed by atoms with Gasteiger partial charge in [-0.2, -0.15) is 0 Å². The molecule has 0 unspecified atom stereocenters. The number of anilines is 1. The van der Waals surface area contributed by atoms with E-state index >= 15 is 0 Å². The van der Waals surface area contributed by atoms with E-state index in [2.05, 4.69) is 11.8 Å². The van der Waals surface area contributed by atoms with Gasteiger partial charge in [0.15, 0.2) is 0 Å². The monoisotopic (exact) mass is 264 g/mol. The highest BCUT2D eigenvalue weighted by Gasteiger charge is 2.19. The maximum Gasteiger partial charge on any atom is 0.119 e. The second kappa shape index (κ2) is 6.78. The Morgan fingerprint density at radius 1 is 1.32 bits per heavy atom. The first-order valence-corrected chi connectivity index (χ1v) is 6.99. The van der Waals surface area contributed by atoms with Crippen molar-refractivity contribution < 1.29 is 9.47 Å². The van der Waals surface area contributed by atoms with Crippen molar-refractivity contribution in [3.8, 4) is 5.75 Å². The quantitative estimate of drug-likeness (QED) is 0.829. The largest absolute Gasteiger partial charge is 0.497 e. The van der Waals surface area contributed by atoms with Gasteiger partial charge in [0.05, 0.1) is 13.2 Å². The Bertz CT molecular complexity index is 401. The van der Waals surface area contributed by atoms with Gasteiger partial charge in [0.2, 0.25) is 0 Å². The zero-order chi connectivity index (χ0) is 13.7. The minimum Gasteiger partial charge on any atom is -0.497 e. The number of benzene rings is 1. The molecule has 1 saturated heterocycles. The van der Waals surface area contributed by atoms with Crippen molar-refractivity contribution in [3.05, 3.63) is 23.8 Å². The van der Waals surface area contributed by atoms with Crippen molar-refractivity contribution >= 4 is 5.69 Å². The van der Waals surface area contributed by atoms with Gasteiger partial charge in [-0.3, -0.25) is 4.90 Å². The van der Waals surface area contributed by atoms with Gasteiger partial charge >= 0.3 is 0 Å². The van der Waals surface area contributed by atoms with Crippen molar-refractivity contribution in [1.82, 2.24) is 4.90 Å². The number of nitrogen functional groups attached to an aromatic ring is 1. The van der Waals surface area contributed by atoms with Crippen molar-refractivity contribution in [2.45, 2.75) is 32.4 Å². The number of hydrogen-bond donors (Lipinski definition) is 1. The smallest absolute Gasteiger partial charge is 0.119 e. The lowest BCUT2D eigenvalue weighted by Gasteiger charge is -2.32. The zero-order valence-corrected chi connectivity index (χ0v) is 11.9. The first-order valence-electron chi connectivity index (χ1n) is 6.99. The van der Waals surface area contributed by atoms with Crippen molar-refractivity contribution in [2.75, 3.05) is 32.5 Å². The van der Waals surface area contributed by atoms with E-state index in [4.69, 9.17) is 15.2 Å². The summed E-state index contributed by atoms with van der Waals surface area (Å²) in [5.41, 5.74) is 8.02. The van der Waals surface area contributed by atoms with E-state index in [0.717, 1.165) is 56.1 Å². The Labute approximate surface area is 115 Å². The Kier molecular flexibility index (Phi) is 5.05. The summed E-state index contributed by atoms with van der Waals surface area (Å²) < 4.78 is 10.9. The standard InChI is InChI=1S/C15H24N2O2/c1-3-19-13-6-8-17(9-7-13)11-12-10-14(18-2)4-5-15(12)16/h4-5,10,13H,3,6-9,11,16H2,1-2H3. The molecule has 0 spiro atoms. The molecule has 1 aliphatic heterocycles. The summed E-state index contributed by atoms with van der Waals surface area (Å²) in [6.07, 6.45) is 2.65. The third-order valence-electron chi connectivity index (χ3n) is 3.68. The molecule has 0 radical (unpaired) electrons. The Morgan fingerprint density at radius 3 is 2.68 bits per heavy atom. The van der Waals surface area contributed by atoms with Gasteiger partial charge in [0.1, 0.15) is 5.75 Å². The molecule has 2 rings (SSSR count). The summed E-state index contributed by atoms with van der Waals surface area (Å²) in [5.74, 6) is 0.869. The molecule has 4 heteroatoms. The number of methoxy groups -OCH3 is 1. The third kappa shape index (κ3) is 3.85. The van der Waals surface area contributed by atoms with Crippen LogP contribution in [-0.4, -0.2) is 37.8 Å². The van der Waals surface area contributed by atoms with Gasteiger partial charge in [-0.1, -0.05) is 0 Å². The molecule has 0 atom stereocenters. The van der Waals surface area contributed by atoms with Crippen LogP contribution in [0.1, 0.15) is 25.3 Å². The molecule has 4 nitrogen and oxygen atoms in total. The summed E-state index contributed by atoms with van der Waals surface area (Å²) in [6, 6.07) is 5.85. The van der Waals surface area contributed by atoms with Crippen LogP contribution in [0.3, 0.4) is 0 Å². The minimum absolute atomic E-state index is 0.434. The zero-order valence-electron chi connectivity index (χ0n) is 11.9. The molecular weight excluding hydrogens is 240 g/mol. The number of nitrogens with two attached hydrogens (primary N) is 1. The topological polar surface area (TPSA) is 47.7 Å². The third-order valence-corrected chi connectivity index (χ3v) is 3.68. The van der Waals surface area contributed by atoms with E-state index in [-0.39, 0.29) is 0 Å². The molecule has 0 saturated carbocycles. The lowest BCUT2D eigenvalue weighted by atomic mass is 10.1. The molecule has 0 aromatic heterocycles. The van der Waals surface area contributed by atoms with E-state index in [0.29, 0.717) is 6.10 Å². The molecule has 0 bridgehead atoms.